The highest BCUT2D eigenvalue weighted by atomic mass is 32.2. The lowest BCUT2D eigenvalue weighted by Gasteiger charge is -1.97. The summed E-state index contributed by atoms with van der Waals surface area (Å²) in [4.78, 5) is 11.1. The molecule has 0 radical (unpaired) electrons. The van der Waals surface area contributed by atoms with Crippen LogP contribution in [0.5, 0.6) is 0 Å². The fourth-order valence-corrected chi connectivity index (χ4v) is 1.50. The van der Waals surface area contributed by atoms with Crippen molar-refractivity contribution in [3.8, 4) is 0 Å². The molecule has 0 amide bonds. The third-order valence-electron chi connectivity index (χ3n) is 1.49. The summed E-state index contributed by atoms with van der Waals surface area (Å²) >= 11 is 1.43. The van der Waals surface area contributed by atoms with E-state index < -0.39 is 0 Å². The molecule has 0 unspecified atom stereocenters. The summed E-state index contributed by atoms with van der Waals surface area (Å²) in [5.74, 6) is 0.959. The molecule has 0 saturated carbocycles. The fraction of sp³-hybridized carbons (Fsp3) is 0.667. The van der Waals surface area contributed by atoms with Gasteiger partial charge in [-0.2, -0.15) is 0 Å². The van der Waals surface area contributed by atoms with Gasteiger partial charge in [0.1, 0.15) is 0 Å². The highest BCUT2D eigenvalue weighted by Gasteiger charge is 2.02. The van der Waals surface area contributed by atoms with Crippen LogP contribution in [-0.4, -0.2) is 10.9 Å². The molecule has 0 heterocycles. The van der Waals surface area contributed by atoms with Crippen molar-refractivity contribution >= 4 is 16.9 Å². The van der Waals surface area contributed by atoms with Crippen molar-refractivity contribution in [1.29, 1.82) is 0 Å². The summed E-state index contributed by atoms with van der Waals surface area (Å²) in [6, 6.07) is 0. The number of unbranched alkanes of at least 4 members (excludes halogenated alkanes) is 1. The molecule has 0 spiro atoms. The maximum Gasteiger partial charge on any atom is 0.214 e. The lowest BCUT2D eigenvalue weighted by molar-refractivity contribution is -0.107. The number of hydrogen-bond acceptors (Lipinski definition) is 2. The van der Waals surface area contributed by atoms with Crippen LogP contribution in [0, 0.1) is 0 Å². The van der Waals surface area contributed by atoms with E-state index in [2.05, 4.69) is 6.92 Å². The van der Waals surface area contributed by atoms with Crippen LogP contribution in [0.1, 0.15) is 33.6 Å². The van der Waals surface area contributed by atoms with Crippen molar-refractivity contribution in [2.45, 2.75) is 33.6 Å². The highest BCUT2D eigenvalue weighted by Crippen LogP contribution is 2.11. The van der Waals surface area contributed by atoms with E-state index in [0.29, 0.717) is 0 Å². The molecule has 0 aromatic carbocycles. The van der Waals surface area contributed by atoms with Gasteiger partial charge in [-0.15, -0.1) is 0 Å². The zero-order valence-electron chi connectivity index (χ0n) is 7.52. The first-order chi connectivity index (χ1) is 5.22. The first kappa shape index (κ1) is 10.8. The monoisotopic (exact) mass is 172 g/mol. The average molecular weight is 172 g/mol. The number of carbonyl (C=O) groups is 1. The minimum absolute atomic E-state index is 0.223. The Morgan fingerprint density at radius 2 is 2.18 bits per heavy atom. The van der Waals surface area contributed by atoms with E-state index >= 15 is 0 Å². The molecule has 0 atom stereocenters. The van der Waals surface area contributed by atoms with Crippen molar-refractivity contribution < 1.29 is 4.79 Å². The zero-order chi connectivity index (χ0) is 8.69. The fourth-order valence-electron chi connectivity index (χ4n) is 0.541. The Morgan fingerprint density at radius 1 is 1.55 bits per heavy atom. The van der Waals surface area contributed by atoms with Crippen molar-refractivity contribution in [2.24, 2.45) is 0 Å². The van der Waals surface area contributed by atoms with Gasteiger partial charge in [-0.05, 0) is 25.8 Å². The largest absolute Gasteiger partial charge is 0.282 e. The Bertz CT molecular complexity index is 150. The van der Waals surface area contributed by atoms with Gasteiger partial charge >= 0.3 is 0 Å². The Morgan fingerprint density at radius 3 is 2.64 bits per heavy atom. The van der Waals surface area contributed by atoms with Crippen LogP contribution in [-0.2, 0) is 4.79 Å². The van der Waals surface area contributed by atoms with Gasteiger partial charge in [0.15, 0.2) is 0 Å². The summed E-state index contributed by atoms with van der Waals surface area (Å²) in [7, 11) is 0. The van der Waals surface area contributed by atoms with Gasteiger partial charge in [0, 0.05) is 5.75 Å². The number of rotatable bonds is 4. The Kier molecular flexibility index (Phi) is 6.33. The molecule has 0 aliphatic heterocycles. The van der Waals surface area contributed by atoms with Gasteiger partial charge < -0.3 is 0 Å². The molecule has 0 aliphatic carbocycles. The van der Waals surface area contributed by atoms with Crippen LogP contribution in [0.15, 0.2) is 11.6 Å². The number of carbonyl (C=O) groups excluding carboxylic acids is 1. The molecule has 0 aromatic heterocycles. The minimum Gasteiger partial charge on any atom is -0.282 e. The first-order valence-electron chi connectivity index (χ1n) is 4.02. The molecule has 0 aliphatic rings. The molecular formula is C9H16OS. The van der Waals surface area contributed by atoms with Gasteiger partial charge in [0.05, 0.1) is 0 Å². The third kappa shape index (κ3) is 5.08. The van der Waals surface area contributed by atoms with E-state index in [0.717, 1.165) is 24.2 Å². The van der Waals surface area contributed by atoms with Crippen LogP contribution in [0.3, 0.4) is 0 Å². The Balaban J connectivity index is 3.53. The molecule has 0 aromatic rings. The van der Waals surface area contributed by atoms with E-state index in [4.69, 9.17) is 0 Å². The maximum atomic E-state index is 11.1. The van der Waals surface area contributed by atoms with Crippen molar-refractivity contribution in [1.82, 2.24) is 0 Å². The average Bonchev–Trinajstić information content (AvgIpc) is 2.03. The molecule has 0 fully saturated rings. The Labute approximate surface area is 73.3 Å². The number of hydrogen-bond donors (Lipinski definition) is 0. The summed E-state index contributed by atoms with van der Waals surface area (Å²) in [6.45, 7) is 5.89. The summed E-state index contributed by atoms with van der Waals surface area (Å²) in [5, 5.41) is 0.223. The normalized spacial score (nSPS) is 11.7. The van der Waals surface area contributed by atoms with E-state index in [9.17, 15) is 4.79 Å². The molecule has 0 bridgehead atoms. The van der Waals surface area contributed by atoms with E-state index in [-0.39, 0.29) is 5.12 Å². The second kappa shape index (κ2) is 6.47. The Hall–Kier alpha value is -0.240. The van der Waals surface area contributed by atoms with Crippen molar-refractivity contribution in [3.63, 3.8) is 0 Å². The second-order valence-corrected chi connectivity index (χ2v) is 3.53. The summed E-state index contributed by atoms with van der Waals surface area (Å²) in [5.41, 5.74) is 0.867. The first-order valence-corrected chi connectivity index (χ1v) is 5.01. The molecule has 0 rings (SSSR count). The standard InChI is InChI=1S/C9H16OS/c1-4-6-7-11-9(10)8(3)5-2/h5H,4,6-7H2,1-3H3/b8-5+. The molecule has 0 saturated heterocycles. The van der Waals surface area contributed by atoms with Gasteiger partial charge in [-0.1, -0.05) is 31.2 Å². The van der Waals surface area contributed by atoms with Crippen LogP contribution < -0.4 is 0 Å². The maximum absolute atomic E-state index is 11.1. The van der Waals surface area contributed by atoms with Crippen molar-refractivity contribution in [3.05, 3.63) is 11.6 Å². The lowest BCUT2D eigenvalue weighted by Crippen LogP contribution is -1.94. The smallest absolute Gasteiger partial charge is 0.214 e. The topological polar surface area (TPSA) is 17.1 Å². The predicted molar refractivity (Wildman–Crippen MR) is 51.8 cm³/mol. The van der Waals surface area contributed by atoms with Crippen molar-refractivity contribution in [2.75, 3.05) is 5.75 Å². The molecule has 2 heteroatoms. The van der Waals surface area contributed by atoms with Crippen LogP contribution in [0.4, 0.5) is 0 Å². The SMILES string of the molecule is C/C=C(\C)C(=O)SCCCC. The summed E-state index contributed by atoms with van der Waals surface area (Å²) < 4.78 is 0. The van der Waals surface area contributed by atoms with Gasteiger partial charge in [0.25, 0.3) is 0 Å². The van der Waals surface area contributed by atoms with E-state index in [1.54, 1.807) is 0 Å². The van der Waals surface area contributed by atoms with Crippen LogP contribution >= 0.6 is 11.8 Å². The quantitative estimate of drug-likeness (QED) is 0.479. The van der Waals surface area contributed by atoms with Gasteiger partial charge in [-0.25, -0.2) is 0 Å². The zero-order valence-corrected chi connectivity index (χ0v) is 8.33. The molecule has 64 valence electrons. The lowest BCUT2D eigenvalue weighted by atomic mass is 10.3. The van der Waals surface area contributed by atoms with Gasteiger partial charge in [0.2, 0.25) is 5.12 Å². The second-order valence-electron chi connectivity index (χ2n) is 2.46. The number of thioether (sulfide) groups is 1. The molecule has 11 heavy (non-hydrogen) atoms. The number of allylic oxidation sites excluding steroid dienone is 1. The minimum atomic E-state index is 0.223. The molecular weight excluding hydrogens is 156 g/mol. The third-order valence-corrected chi connectivity index (χ3v) is 2.56. The highest BCUT2D eigenvalue weighted by molar-refractivity contribution is 8.14. The summed E-state index contributed by atoms with van der Waals surface area (Å²) in [6.07, 6.45) is 4.16. The predicted octanol–water partition coefficient (Wildman–Crippen LogP) is 3.01. The van der Waals surface area contributed by atoms with E-state index in [1.807, 2.05) is 19.9 Å². The van der Waals surface area contributed by atoms with E-state index in [1.165, 1.54) is 11.8 Å². The molecule has 0 N–H and O–H groups in total. The molecule has 1 nitrogen and oxygen atoms in total. The van der Waals surface area contributed by atoms with Crippen LogP contribution in [0.25, 0.3) is 0 Å². The van der Waals surface area contributed by atoms with Crippen LogP contribution in [0.2, 0.25) is 0 Å². The van der Waals surface area contributed by atoms with Gasteiger partial charge in [-0.3, -0.25) is 4.79 Å².